The molecule has 0 aliphatic carbocycles. The molecule has 2 unspecified atom stereocenters. The van der Waals surface area contributed by atoms with Crippen molar-refractivity contribution in [2.45, 2.75) is 11.4 Å². The molecule has 0 radical (unpaired) electrons. The van der Waals surface area contributed by atoms with Gasteiger partial charge >= 0.3 is 0 Å². The number of ether oxygens (including phenoxy) is 1. The molecular formula is C12H15ClN2O4S. The third kappa shape index (κ3) is 4.01. The third-order valence-corrected chi connectivity index (χ3v) is 5.26. The number of nitrogens with two attached hydrogens (primary N) is 1. The number of carbonyl (C=O) groups is 1. The lowest BCUT2D eigenvalue weighted by molar-refractivity contribution is -0.123. The second-order valence-corrected chi connectivity index (χ2v) is 7.34. The summed E-state index contributed by atoms with van der Waals surface area (Å²) >= 11 is 5.89. The molecule has 8 heteroatoms. The first-order valence-corrected chi connectivity index (χ1v) is 8.24. The van der Waals surface area contributed by atoms with Crippen molar-refractivity contribution < 1.29 is 17.9 Å². The Bertz CT molecular complexity index is 588. The van der Waals surface area contributed by atoms with Crippen molar-refractivity contribution in [3.05, 3.63) is 24.3 Å². The Morgan fingerprint density at radius 2 is 2.00 bits per heavy atom. The summed E-state index contributed by atoms with van der Waals surface area (Å²) in [4.78, 5) is 11.7. The lowest BCUT2D eigenvalue weighted by Crippen LogP contribution is -2.42. The molecule has 0 spiro atoms. The van der Waals surface area contributed by atoms with Crippen LogP contribution in [0.5, 0.6) is 5.75 Å². The molecule has 3 N–H and O–H groups in total. The Labute approximate surface area is 122 Å². The van der Waals surface area contributed by atoms with Crippen molar-refractivity contribution >= 4 is 33.0 Å². The molecule has 0 saturated carbocycles. The van der Waals surface area contributed by atoms with Crippen LogP contribution in [0.4, 0.5) is 5.69 Å². The second-order valence-electron chi connectivity index (χ2n) is 4.62. The lowest BCUT2D eigenvalue weighted by atomic mass is 10.2. The van der Waals surface area contributed by atoms with Crippen molar-refractivity contribution in [1.82, 2.24) is 5.32 Å². The van der Waals surface area contributed by atoms with E-state index >= 15 is 0 Å². The number of halogens is 1. The molecule has 1 fully saturated rings. The highest BCUT2D eigenvalue weighted by Crippen LogP contribution is 2.18. The summed E-state index contributed by atoms with van der Waals surface area (Å²) in [5, 5.41) is 1.97. The molecule has 0 bridgehead atoms. The molecule has 1 aromatic rings. The first-order valence-electron chi connectivity index (χ1n) is 5.98. The van der Waals surface area contributed by atoms with Gasteiger partial charge in [0.1, 0.15) is 5.75 Å². The zero-order valence-electron chi connectivity index (χ0n) is 10.6. The van der Waals surface area contributed by atoms with E-state index in [1.165, 1.54) is 0 Å². The van der Waals surface area contributed by atoms with Crippen molar-refractivity contribution in [3.8, 4) is 5.75 Å². The van der Waals surface area contributed by atoms with Gasteiger partial charge in [-0.3, -0.25) is 4.79 Å². The molecular weight excluding hydrogens is 304 g/mol. The third-order valence-electron chi connectivity index (χ3n) is 2.88. The standard InChI is InChI=1S/C12H15ClN2O4S/c13-10-6-20(17,18)7-11(10)15-12(16)5-19-9-3-1-8(14)2-4-9/h1-4,10-11H,5-7,14H2,(H,15,16). The van der Waals surface area contributed by atoms with E-state index in [0.29, 0.717) is 11.4 Å². The Morgan fingerprint density at radius 1 is 1.35 bits per heavy atom. The largest absolute Gasteiger partial charge is 0.484 e. The van der Waals surface area contributed by atoms with Crippen LogP contribution in [0.2, 0.25) is 0 Å². The summed E-state index contributed by atoms with van der Waals surface area (Å²) in [7, 11) is -3.16. The average molecular weight is 319 g/mol. The van der Waals surface area contributed by atoms with Gasteiger partial charge < -0.3 is 15.8 Å². The second kappa shape index (κ2) is 5.88. The zero-order valence-corrected chi connectivity index (χ0v) is 12.2. The van der Waals surface area contributed by atoms with E-state index in [2.05, 4.69) is 5.32 Å². The molecule has 1 saturated heterocycles. The molecule has 1 aliphatic rings. The van der Waals surface area contributed by atoms with Gasteiger partial charge in [0.05, 0.1) is 22.9 Å². The predicted octanol–water partition coefficient (Wildman–Crippen LogP) is 0.168. The van der Waals surface area contributed by atoms with Gasteiger partial charge in [-0.1, -0.05) is 0 Å². The fraction of sp³-hybridized carbons (Fsp3) is 0.417. The minimum absolute atomic E-state index is 0.113. The highest BCUT2D eigenvalue weighted by molar-refractivity contribution is 7.91. The van der Waals surface area contributed by atoms with Crippen molar-refractivity contribution in [3.63, 3.8) is 0 Å². The topological polar surface area (TPSA) is 98.5 Å². The molecule has 1 amide bonds. The van der Waals surface area contributed by atoms with E-state index in [9.17, 15) is 13.2 Å². The maximum Gasteiger partial charge on any atom is 0.258 e. The van der Waals surface area contributed by atoms with Crippen LogP contribution in [0.3, 0.4) is 0 Å². The van der Waals surface area contributed by atoms with Gasteiger partial charge in [-0.2, -0.15) is 0 Å². The number of sulfone groups is 1. The molecule has 0 aromatic heterocycles. The summed E-state index contributed by atoms with van der Waals surface area (Å²) in [6, 6.07) is 6.04. The monoisotopic (exact) mass is 318 g/mol. The van der Waals surface area contributed by atoms with Gasteiger partial charge in [0.15, 0.2) is 16.4 Å². The number of rotatable bonds is 4. The molecule has 1 aliphatic heterocycles. The van der Waals surface area contributed by atoms with E-state index in [1.807, 2.05) is 0 Å². The minimum atomic E-state index is -3.16. The summed E-state index contributed by atoms with van der Waals surface area (Å²) in [6.45, 7) is -0.204. The van der Waals surface area contributed by atoms with E-state index in [1.54, 1.807) is 24.3 Å². The van der Waals surface area contributed by atoms with Crippen molar-refractivity contribution in [2.75, 3.05) is 23.8 Å². The molecule has 2 rings (SSSR count). The Balaban J connectivity index is 1.83. The number of nitrogen functional groups attached to an aromatic ring is 1. The Morgan fingerprint density at radius 3 is 2.55 bits per heavy atom. The average Bonchev–Trinajstić information content (AvgIpc) is 2.61. The highest BCUT2D eigenvalue weighted by Gasteiger charge is 2.37. The van der Waals surface area contributed by atoms with Gasteiger partial charge in [0, 0.05) is 5.69 Å². The quantitative estimate of drug-likeness (QED) is 0.609. The number of alkyl halides is 1. The van der Waals surface area contributed by atoms with E-state index in [0.717, 1.165) is 0 Å². The molecule has 2 atom stereocenters. The van der Waals surface area contributed by atoms with Crippen LogP contribution in [-0.4, -0.2) is 43.9 Å². The zero-order chi connectivity index (χ0) is 14.8. The molecule has 1 heterocycles. The summed E-state index contributed by atoms with van der Waals surface area (Å²) < 4.78 is 28.0. The SMILES string of the molecule is Nc1ccc(OCC(=O)NC2CS(=O)(=O)CC2Cl)cc1. The van der Waals surface area contributed by atoms with Crippen molar-refractivity contribution in [2.24, 2.45) is 0 Å². The Hall–Kier alpha value is -1.47. The number of carbonyl (C=O) groups excluding carboxylic acids is 1. The number of benzene rings is 1. The number of hydrogen-bond donors (Lipinski definition) is 2. The maximum atomic E-state index is 11.7. The van der Waals surface area contributed by atoms with Crippen LogP contribution in [0, 0.1) is 0 Å². The highest BCUT2D eigenvalue weighted by atomic mass is 35.5. The van der Waals surface area contributed by atoms with Gasteiger partial charge in [-0.25, -0.2) is 8.42 Å². The van der Waals surface area contributed by atoms with E-state index in [-0.39, 0.29) is 18.1 Å². The van der Waals surface area contributed by atoms with Gasteiger partial charge in [0.25, 0.3) is 5.91 Å². The Kier molecular flexibility index (Phi) is 4.39. The predicted molar refractivity (Wildman–Crippen MR) is 76.6 cm³/mol. The van der Waals surface area contributed by atoms with Gasteiger partial charge in [-0.05, 0) is 24.3 Å². The van der Waals surface area contributed by atoms with Crippen LogP contribution >= 0.6 is 11.6 Å². The van der Waals surface area contributed by atoms with Gasteiger partial charge in [-0.15, -0.1) is 11.6 Å². The summed E-state index contributed by atoms with van der Waals surface area (Å²) in [5.74, 6) is -0.141. The van der Waals surface area contributed by atoms with E-state index in [4.69, 9.17) is 22.1 Å². The fourth-order valence-electron chi connectivity index (χ4n) is 1.90. The maximum absolute atomic E-state index is 11.7. The number of nitrogens with one attached hydrogen (secondary N) is 1. The van der Waals surface area contributed by atoms with E-state index < -0.39 is 27.2 Å². The number of amides is 1. The lowest BCUT2D eigenvalue weighted by Gasteiger charge is -2.14. The van der Waals surface area contributed by atoms with Crippen LogP contribution in [0.15, 0.2) is 24.3 Å². The first-order chi connectivity index (χ1) is 9.35. The van der Waals surface area contributed by atoms with Crippen molar-refractivity contribution in [1.29, 1.82) is 0 Å². The summed E-state index contributed by atoms with van der Waals surface area (Å²) in [6.07, 6.45) is 0. The van der Waals surface area contributed by atoms with Crippen LogP contribution in [-0.2, 0) is 14.6 Å². The first kappa shape index (κ1) is 14.9. The fourth-order valence-corrected chi connectivity index (χ4v) is 4.45. The molecule has 110 valence electrons. The number of hydrogen-bond acceptors (Lipinski definition) is 5. The van der Waals surface area contributed by atoms with Crippen LogP contribution in [0.25, 0.3) is 0 Å². The molecule has 1 aromatic carbocycles. The smallest absolute Gasteiger partial charge is 0.258 e. The minimum Gasteiger partial charge on any atom is -0.484 e. The number of anilines is 1. The summed E-state index contributed by atoms with van der Waals surface area (Å²) in [5.41, 5.74) is 6.13. The van der Waals surface area contributed by atoms with Crippen LogP contribution in [0.1, 0.15) is 0 Å². The molecule has 20 heavy (non-hydrogen) atoms. The van der Waals surface area contributed by atoms with Crippen LogP contribution < -0.4 is 15.8 Å². The van der Waals surface area contributed by atoms with Gasteiger partial charge in [0.2, 0.25) is 0 Å². The normalized spacial score (nSPS) is 24.2. The molecule has 6 nitrogen and oxygen atoms in total.